The van der Waals surface area contributed by atoms with E-state index < -0.39 is 0 Å². The number of carbonyl (C=O) groups excluding carboxylic acids is 1. The van der Waals surface area contributed by atoms with Crippen LogP contribution in [0, 0.1) is 13.8 Å². The lowest BCUT2D eigenvalue weighted by molar-refractivity contribution is 0.0927. The molecule has 0 saturated heterocycles. The van der Waals surface area contributed by atoms with Crippen LogP contribution >= 0.6 is 11.3 Å². The SMILES string of the molecule is CCOc1ccsc1C(=O)NC(C)COc1c(C)cccc1C. The van der Waals surface area contributed by atoms with Crippen LogP contribution in [0.3, 0.4) is 0 Å². The van der Waals surface area contributed by atoms with Crippen molar-refractivity contribution < 1.29 is 14.3 Å². The number of ether oxygens (including phenoxy) is 2. The van der Waals surface area contributed by atoms with Gasteiger partial charge in [0, 0.05) is 0 Å². The monoisotopic (exact) mass is 333 g/mol. The molecule has 1 unspecified atom stereocenters. The summed E-state index contributed by atoms with van der Waals surface area (Å²) in [6.45, 7) is 8.84. The molecule has 0 bridgehead atoms. The molecule has 1 N–H and O–H groups in total. The Hall–Kier alpha value is -2.01. The molecule has 5 heteroatoms. The Morgan fingerprint density at radius 3 is 2.57 bits per heavy atom. The van der Waals surface area contributed by atoms with E-state index in [-0.39, 0.29) is 11.9 Å². The molecule has 1 aromatic heterocycles. The number of aryl methyl sites for hydroxylation is 2. The number of thiophene rings is 1. The van der Waals surface area contributed by atoms with E-state index in [0.29, 0.717) is 23.8 Å². The molecule has 0 aliphatic rings. The molecule has 1 amide bonds. The van der Waals surface area contributed by atoms with Crippen LogP contribution < -0.4 is 14.8 Å². The first-order valence-electron chi connectivity index (χ1n) is 7.73. The molecule has 23 heavy (non-hydrogen) atoms. The Bertz CT molecular complexity index is 646. The highest BCUT2D eigenvalue weighted by Gasteiger charge is 2.17. The van der Waals surface area contributed by atoms with Crippen LogP contribution in [0.15, 0.2) is 29.6 Å². The maximum absolute atomic E-state index is 12.3. The van der Waals surface area contributed by atoms with Gasteiger partial charge in [-0.15, -0.1) is 11.3 Å². The zero-order valence-corrected chi connectivity index (χ0v) is 14.8. The lowest BCUT2D eigenvalue weighted by Gasteiger charge is -2.17. The number of benzene rings is 1. The van der Waals surface area contributed by atoms with Crippen LogP contribution in [-0.4, -0.2) is 25.2 Å². The molecule has 1 aromatic carbocycles. The van der Waals surface area contributed by atoms with Crippen LogP contribution in [0.1, 0.15) is 34.6 Å². The number of carbonyl (C=O) groups is 1. The average molecular weight is 333 g/mol. The lowest BCUT2D eigenvalue weighted by Crippen LogP contribution is -2.36. The summed E-state index contributed by atoms with van der Waals surface area (Å²) in [7, 11) is 0. The molecule has 2 aromatic rings. The van der Waals surface area contributed by atoms with E-state index in [2.05, 4.69) is 5.32 Å². The minimum absolute atomic E-state index is 0.0990. The first-order chi connectivity index (χ1) is 11.0. The summed E-state index contributed by atoms with van der Waals surface area (Å²) in [5, 5.41) is 4.82. The fourth-order valence-electron chi connectivity index (χ4n) is 2.30. The molecule has 0 fully saturated rings. The summed E-state index contributed by atoms with van der Waals surface area (Å²) in [6, 6.07) is 7.77. The van der Waals surface area contributed by atoms with Crippen molar-refractivity contribution >= 4 is 17.2 Å². The van der Waals surface area contributed by atoms with Crippen LogP contribution in [0.25, 0.3) is 0 Å². The second-order valence-corrected chi connectivity index (χ2v) is 6.37. The summed E-state index contributed by atoms with van der Waals surface area (Å²) < 4.78 is 11.3. The van der Waals surface area contributed by atoms with Gasteiger partial charge in [0.2, 0.25) is 0 Å². The smallest absolute Gasteiger partial charge is 0.265 e. The summed E-state index contributed by atoms with van der Waals surface area (Å²) >= 11 is 1.38. The van der Waals surface area contributed by atoms with Gasteiger partial charge in [-0.05, 0) is 50.3 Å². The number of nitrogens with one attached hydrogen (secondary N) is 1. The normalized spacial score (nSPS) is 11.8. The zero-order valence-electron chi connectivity index (χ0n) is 14.0. The zero-order chi connectivity index (χ0) is 16.8. The number of hydrogen-bond donors (Lipinski definition) is 1. The predicted octanol–water partition coefficient (Wildman–Crippen LogP) is 3.96. The first kappa shape index (κ1) is 17.3. The number of hydrogen-bond acceptors (Lipinski definition) is 4. The highest BCUT2D eigenvalue weighted by atomic mass is 32.1. The lowest BCUT2D eigenvalue weighted by atomic mass is 10.1. The number of amides is 1. The first-order valence-corrected chi connectivity index (χ1v) is 8.61. The second-order valence-electron chi connectivity index (χ2n) is 5.45. The van der Waals surface area contributed by atoms with E-state index in [1.54, 1.807) is 0 Å². The van der Waals surface area contributed by atoms with Gasteiger partial charge >= 0.3 is 0 Å². The molecule has 0 spiro atoms. The van der Waals surface area contributed by atoms with Gasteiger partial charge in [0.1, 0.15) is 23.0 Å². The van der Waals surface area contributed by atoms with E-state index in [1.807, 2.05) is 57.3 Å². The standard InChI is InChI=1S/C18H23NO3S/c1-5-21-15-9-10-23-17(15)18(20)19-14(4)11-22-16-12(2)7-6-8-13(16)3/h6-10,14H,5,11H2,1-4H3,(H,19,20). The van der Waals surface area contributed by atoms with Crippen molar-refractivity contribution in [3.05, 3.63) is 45.6 Å². The van der Waals surface area contributed by atoms with E-state index in [0.717, 1.165) is 16.9 Å². The Morgan fingerprint density at radius 1 is 1.22 bits per heavy atom. The molecular formula is C18H23NO3S. The molecule has 0 aliphatic carbocycles. The molecule has 2 rings (SSSR count). The van der Waals surface area contributed by atoms with Crippen LogP contribution in [0.2, 0.25) is 0 Å². The Morgan fingerprint density at radius 2 is 1.91 bits per heavy atom. The van der Waals surface area contributed by atoms with Crippen molar-refractivity contribution in [1.29, 1.82) is 0 Å². The van der Waals surface area contributed by atoms with Gasteiger partial charge < -0.3 is 14.8 Å². The second kappa shape index (κ2) is 8.02. The third kappa shape index (κ3) is 4.48. The Kier molecular flexibility index (Phi) is 6.04. The Labute approximate surface area is 141 Å². The van der Waals surface area contributed by atoms with Crippen molar-refractivity contribution in [3.63, 3.8) is 0 Å². The van der Waals surface area contributed by atoms with E-state index in [4.69, 9.17) is 9.47 Å². The molecule has 4 nitrogen and oxygen atoms in total. The summed E-state index contributed by atoms with van der Waals surface area (Å²) in [5.74, 6) is 1.40. The summed E-state index contributed by atoms with van der Waals surface area (Å²) in [6.07, 6.45) is 0. The van der Waals surface area contributed by atoms with E-state index >= 15 is 0 Å². The predicted molar refractivity (Wildman–Crippen MR) is 93.8 cm³/mol. The molecule has 0 aliphatic heterocycles. The van der Waals surface area contributed by atoms with Gasteiger partial charge in [0.15, 0.2) is 0 Å². The molecule has 124 valence electrons. The fourth-order valence-corrected chi connectivity index (χ4v) is 3.04. The number of para-hydroxylation sites is 1. The quantitative estimate of drug-likeness (QED) is 0.834. The van der Waals surface area contributed by atoms with Crippen LogP contribution in [0.5, 0.6) is 11.5 Å². The van der Waals surface area contributed by atoms with Crippen LogP contribution in [0.4, 0.5) is 0 Å². The van der Waals surface area contributed by atoms with E-state index in [1.165, 1.54) is 11.3 Å². The molecule has 1 atom stereocenters. The van der Waals surface area contributed by atoms with Gasteiger partial charge in [-0.1, -0.05) is 18.2 Å². The van der Waals surface area contributed by atoms with Gasteiger partial charge in [-0.25, -0.2) is 0 Å². The highest BCUT2D eigenvalue weighted by molar-refractivity contribution is 7.12. The van der Waals surface area contributed by atoms with Crippen molar-refractivity contribution in [3.8, 4) is 11.5 Å². The summed E-state index contributed by atoms with van der Waals surface area (Å²) in [5.41, 5.74) is 2.20. The van der Waals surface area contributed by atoms with Crippen molar-refractivity contribution in [2.24, 2.45) is 0 Å². The van der Waals surface area contributed by atoms with Gasteiger partial charge in [0.05, 0.1) is 12.6 Å². The van der Waals surface area contributed by atoms with Crippen molar-refractivity contribution in [2.45, 2.75) is 33.7 Å². The van der Waals surface area contributed by atoms with Crippen molar-refractivity contribution in [2.75, 3.05) is 13.2 Å². The third-order valence-electron chi connectivity index (χ3n) is 3.40. The largest absolute Gasteiger partial charge is 0.492 e. The van der Waals surface area contributed by atoms with Gasteiger partial charge in [0.25, 0.3) is 5.91 Å². The maximum Gasteiger partial charge on any atom is 0.265 e. The molecule has 0 saturated carbocycles. The van der Waals surface area contributed by atoms with Gasteiger partial charge in [-0.3, -0.25) is 4.79 Å². The fraction of sp³-hybridized carbons (Fsp3) is 0.389. The average Bonchev–Trinajstić information content (AvgIpc) is 2.95. The van der Waals surface area contributed by atoms with Crippen molar-refractivity contribution in [1.82, 2.24) is 5.32 Å². The van der Waals surface area contributed by atoms with Crippen LogP contribution in [-0.2, 0) is 0 Å². The third-order valence-corrected chi connectivity index (χ3v) is 4.29. The van der Waals surface area contributed by atoms with E-state index in [9.17, 15) is 4.79 Å². The maximum atomic E-state index is 12.3. The van der Waals surface area contributed by atoms with Gasteiger partial charge in [-0.2, -0.15) is 0 Å². The summed E-state index contributed by atoms with van der Waals surface area (Å²) in [4.78, 5) is 12.9. The Balaban J connectivity index is 1.93. The topological polar surface area (TPSA) is 47.6 Å². The molecular weight excluding hydrogens is 310 g/mol. The molecule has 1 heterocycles. The number of rotatable bonds is 7. The minimum Gasteiger partial charge on any atom is -0.492 e. The highest BCUT2D eigenvalue weighted by Crippen LogP contribution is 2.25. The minimum atomic E-state index is -0.124. The molecule has 0 radical (unpaired) electrons.